The molecule has 0 aromatic heterocycles. The van der Waals surface area contributed by atoms with E-state index in [0.29, 0.717) is 10.8 Å². The summed E-state index contributed by atoms with van der Waals surface area (Å²) in [6.07, 6.45) is -3.20. The van der Waals surface area contributed by atoms with E-state index in [1.807, 2.05) is 0 Å². The summed E-state index contributed by atoms with van der Waals surface area (Å²) in [6.45, 7) is 9.19. The molecule has 33 heavy (non-hydrogen) atoms. The van der Waals surface area contributed by atoms with Gasteiger partial charge in [0.25, 0.3) is 0 Å². The zero-order valence-corrected chi connectivity index (χ0v) is 20.5. The van der Waals surface area contributed by atoms with Gasteiger partial charge in [0, 0.05) is 14.2 Å². The lowest BCUT2D eigenvalue weighted by molar-refractivity contribution is -0.382. The Kier molecular flexibility index (Phi) is 7.62. The molecule has 0 aromatic rings. The van der Waals surface area contributed by atoms with Crippen molar-refractivity contribution in [3.05, 3.63) is 0 Å². The van der Waals surface area contributed by atoms with Crippen molar-refractivity contribution in [3.8, 4) is 0 Å². The lowest BCUT2D eigenvalue weighted by Gasteiger charge is -2.51. The average molecular weight is 476 g/mol. The third-order valence-electron chi connectivity index (χ3n) is 6.25. The van der Waals surface area contributed by atoms with E-state index in [1.165, 1.54) is 14.2 Å². The molecule has 3 heterocycles. The van der Waals surface area contributed by atoms with Crippen molar-refractivity contribution >= 4 is 12.2 Å². The molecule has 11 heteroatoms. The fourth-order valence-electron chi connectivity index (χ4n) is 4.47. The maximum absolute atomic E-state index is 12.6. The average Bonchev–Trinajstić information content (AvgIpc) is 3.46. The molecule has 1 spiro atoms. The molecule has 6 atom stereocenters. The molecule has 3 rings (SSSR count). The number of epoxide rings is 1. The molecule has 3 aliphatic heterocycles. The number of rotatable bonds is 7. The summed E-state index contributed by atoms with van der Waals surface area (Å²) in [7, 11) is 2.64. The summed E-state index contributed by atoms with van der Waals surface area (Å²) >= 11 is 0. The molecule has 0 aromatic carbocycles. The van der Waals surface area contributed by atoms with Crippen LogP contribution >= 0.6 is 0 Å². The number of amides is 2. The maximum atomic E-state index is 12.6. The van der Waals surface area contributed by atoms with Crippen LogP contribution in [0.2, 0.25) is 0 Å². The number of hydrogen-bond acceptors (Lipinski definition) is 10. The first-order valence-corrected chi connectivity index (χ1v) is 11.4. The topological polar surface area (TPSA) is 126 Å². The van der Waals surface area contributed by atoms with E-state index in [1.54, 1.807) is 20.8 Å². The Morgan fingerprint density at radius 1 is 1.21 bits per heavy atom. The molecule has 3 aliphatic rings. The van der Waals surface area contributed by atoms with Crippen LogP contribution in [0.15, 0.2) is 0 Å². The molecule has 2 amide bonds. The first kappa shape index (κ1) is 26.1. The number of carbonyl (C=O) groups excluding carboxylic acids is 2. The number of methoxy groups -OCH3 is 1. The lowest BCUT2D eigenvalue weighted by Crippen LogP contribution is -2.75. The molecule has 0 aliphatic carbocycles. The van der Waals surface area contributed by atoms with Crippen molar-refractivity contribution in [2.75, 3.05) is 34.0 Å². The van der Waals surface area contributed by atoms with Crippen LogP contribution in [0.1, 0.15) is 47.5 Å². The minimum absolute atomic E-state index is 0.0590. The van der Waals surface area contributed by atoms with E-state index in [0.717, 1.165) is 12.8 Å². The first-order chi connectivity index (χ1) is 15.4. The number of nitrogens with zero attached hydrogens (tertiary/aromatic N) is 1. The molecule has 0 bridgehead atoms. The Morgan fingerprint density at radius 3 is 2.45 bits per heavy atom. The monoisotopic (exact) mass is 475 g/mol. The van der Waals surface area contributed by atoms with Crippen molar-refractivity contribution in [2.45, 2.75) is 89.1 Å². The summed E-state index contributed by atoms with van der Waals surface area (Å²) in [5.74, 6) is -2.12. The standard InChI is InChI=1S/C22H37NO10/c1-8-28-18(24)23(6)19(25)32-15-11-29-21(12-30-20(4,5)33-21)22(26,16(15)27-7)17-14(31-17)10-9-13(2)3/h13-17,26H,8-12H2,1-7H3/t14-,15+,16+,17-,21-,22-/m0/s1. The third-order valence-corrected chi connectivity index (χ3v) is 6.25. The SMILES string of the molecule is CCOC(=O)N(C)C(=O)O[C@@H]1CO[C@]2(COC(C)(C)O2)[C@@](O)([C@H]2O[C@H]2CCC(C)C)[C@@H]1OC. The van der Waals surface area contributed by atoms with Gasteiger partial charge in [0.15, 0.2) is 17.5 Å². The molecule has 3 saturated heterocycles. The summed E-state index contributed by atoms with van der Waals surface area (Å²) < 4.78 is 39.8. The molecule has 0 saturated carbocycles. The molecular formula is C22H37NO10. The van der Waals surface area contributed by atoms with Gasteiger partial charge in [-0.05, 0) is 39.5 Å². The Balaban J connectivity index is 1.85. The van der Waals surface area contributed by atoms with Gasteiger partial charge in [-0.2, -0.15) is 0 Å². The highest BCUT2D eigenvalue weighted by atomic mass is 16.8. The van der Waals surface area contributed by atoms with Gasteiger partial charge in [0.1, 0.15) is 18.8 Å². The Hall–Kier alpha value is -1.50. The molecule has 11 nitrogen and oxygen atoms in total. The van der Waals surface area contributed by atoms with E-state index in [-0.39, 0.29) is 25.9 Å². The highest BCUT2D eigenvalue weighted by Gasteiger charge is 2.76. The highest BCUT2D eigenvalue weighted by molar-refractivity contribution is 5.87. The minimum Gasteiger partial charge on any atom is -0.449 e. The van der Waals surface area contributed by atoms with Crippen LogP contribution < -0.4 is 0 Å². The Morgan fingerprint density at radius 2 is 1.91 bits per heavy atom. The van der Waals surface area contributed by atoms with E-state index >= 15 is 0 Å². The van der Waals surface area contributed by atoms with E-state index < -0.39 is 47.7 Å². The van der Waals surface area contributed by atoms with Gasteiger partial charge < -0.3 is 38.3 Å². The quantitative estimate of drug-likeness (QED) is 0.547. The van der Waals surface area contributed by atoms with Crippen LogP contribution in [0.4, 0.5) is 9.59 Å². The maximum Gasteiger partial charge on any atom is 0.419 e. The Labute approximate surface area is 194 Å². The number of hydrogen-bond donors (Lipinski definition) is 1. The van der Waals surface area contributed by atoms with Crippen LogP contribution in [0.3, 0.4) is 0 Å². The fraction of sp³-hybridized carbons (Fsp3) is 0.909. The van der Waals surface area contributed by atoms with Crippen molar-refractivity contribution < 1.29 is 47.9 Å². The van der Waals surface area contributed by atoms with Crippen molar-refractivity contribution in [1.29, 1.82) is 0 Å². The van der Waals surface area contributed by atoms with Gasteiger partial charge in [-0.1, -0.05) is 13.8 Å². The number of imide groups is 1. The minimum atomic E-state index is -1.84. The highest BCUT2D eigenvalue weighted by Crippen LogP contribution is 2.53. The van der Waals surface area contributed by atoms with Crippen LogP contribution in [-0.2, 0) is 33.2 Å². The first-order valence-electron chi connectivity index (χ1n) is 11.4. The van der Waals surface area contributed by atoms with Crippen LogP contribution in [-0.4, -0.2) is 97.8 Å². The molecular weight excluding hydrogens is 438 g/mol. The number of carbonyl (C=O) groups is 2. The molecule has 1 N–H and O–H groups in total. The molecule has 0 unspecified atom stereocenters. The molecule has 3 fully saturated rings. The van der Waals surface area contributed by atoms with Crippen LogP contribution in [0.5, 0.6) is 0 Å². The molecule has 190 valence electrons. The second-order valence-electron chi connectivity index (χ2n) is 9.58. The number of ether oxygens (including phenoxy) is 7. The summed E-state index contributed by atoms with van der Waals surface area (Å²) in [4.78, 5) is 25.2. The second-order valence-corrected chi connectivity index (χ2v) is 9.58. The predicted octanol–water partition coefficient (Wildman–Crippen LogP) is 2.04. The van der Waals surface area contributed by atoms with Gasteiger partial charge in [-0.25, -0.2) is 14.5 Å². The van der Waals surface area contributed by atoms with Crippen molar-refractivity contribution in [2.24, 2.45) is 5.92 Å². The summed E-state index contributed by atoms with van der Waals surface area (Å²) in [5, 5.41) is 12.1. The summed E-state index contributed by atoms with van der Waals surface area (Å²) in [6, 6.07) is 0. The van der Waals surface area contributed by atoms with Gasteiger partial charge in [-0.3, -0.25) is 0 Å². The second kappa shape index (κ2) is 9.63. The van der Waals surface area contributed by atoms with Crippen molar-refractivity contribution in [3.63, 3.8) is 0 Å². The van der Waals surface area contributed by atoms with E-state index in [2.05, 4.69) is 13.8 Å². The number of aliphatic hydroxyl groups is 1. The molecule has 0 radical (unpaired) electrons. The van der Waals surface area contributed by atoms with E-state index in [4.69, 9.17) is 33.2 Å². The van der Waals surface area contributed by atoms with Gasteiger partial charge >= 0.3 is 12.2 Å². The van der Waals surface area contributed by atoms with Gasteiger partial charge in [-0.15, -0.1) is 0 Å². The van der Waals surface area contributed by atoms with Gasteiger partial charge in [0.05, 0.1) is 19.3 Å². The van der Waals surface area contributed by atoms with E-state index in [9.17, 15) is 14.7 Å². The zero-order valence-electron chi connectivity index (χ0n) is 20.5. The smallest absolute Gasteiger partial charge is 0.419 e. The van der Waals surface area contributed by atoms with Crippen LogP contribution in [0.25, 0.3) is 0 Å². The third kappa shape index (κ3) is 4.98. The zero-order chi connectivity index (χ0) is 24.6. The van der Waals surface area contributed by atoms with Crippen molar-refractivity contribution in [1.82, 2.24) is 4.90 Å². The van der Waals surface area contributed by atoms with Crippen LogP contribution in [0, 0.1) is 5.92 Å². The fourth-order valence-corrected chi connectivity index (χ4v) is 4.47. The largest absolute Gasteiger partial charge is 0.449 e. The lowest BCUT2D eigenvalue weighted by atomic mass is 9.77. The Bertz CT molecular complexity index is 730. The van der Waals surface area contributed by atoms with Gasteiger partial charge in [0.2, 0.25) is 5.79 Å². The normalized spacial score (nSPS) is 37.2. The summed E-state index contributed by atoms with van der Waals surface area (Å²) in [5.41, 5.74) is -1.84. The predicted molar refractivity (Wildman–Crippen MR) is 113 cm³/mol.